The van der Waals surface area contributed by atoms with Crippen molar-refractivity contribution >= 4 is 46.0 Å². The van der Waals surface area contributed by atoms with Gasteiger partial charge >= 0.3 is 17.9 Å². The normalized spacial score (nSPS) is 10.6. The summed E-state index contributed by atoms with van der Waals surface area (Å²) in [6.07, 6.45) is 0. The third-order valence-corrected chi connectivity index (χ3v) is 4.81. The number of carbonyl (C=O) groups excluding carboxylic acids is 3. The van der Waals surface area contributed by atoms with Crippen LogP contribution in [-0.4, -0.2) is 48.5 Å². The number of aromatic nitrogens is 2. The highest BCUT2D eigenvalue weighted by atomic mass is 35.5. The quantitative estimate of drug-likeness (QED) is 0.346. The van der Waals surface area contributed by atoms with Gasteiger partial charge in [0.15, 0.2) is 5.69 Å². The number of carbonyl (C=O) groups is 3. The van der Waals surface area contributed by atoms with Crippen molar-refractivity contribution in [1.82, 2.24) is 9.78 Å². The van der Waals surface area contributed by atoms with Gasteiger partial charge in [0.25, 0.3) is 5.56 Å². The first-order valence-corrected chi connectivity index (χ1v) is 9.62. The molecule has 11 heteroatoms. The molecule has 1 heterocycles. The molecule has 1 aromatic heterocycles. The molecule has 0 unspecified atom stereocenters. The Bertz CT molecular complexity index is 1300. The molecule has 0 amide bonds. The lowest BCUT2D eigenvalue weighted by atomic mass is 9.98. The number of benzene rings is 2. The van der Waals surface area contributed by atoms with Gasteiger partial charge in [-0.25, -0.2) is 14.4 Å². The Hall–Kier alpha value is -3.92. The smallest absolute Gasteiger partial charge is 0.359 e. The van der Waals surface area contributed by atoms with Crippen molar-refractivity contribution < 1.29 is 28.6 Å². The minimum absolute atomic E-state index is 0.0294. The number of nitrogens with zero attached hydrogens (tertiary/aromatic N) is 2. The van der Waals surface area contributed by atoms with Gasteiger partial charge in [-0.3, -0.25) is 4.79 Å². The van der Waals surface area contributed by atoms with Crippen molar-refractivity contribution in [2.45, 2.75) is 6.92 Å². The average Bonchev–Trinajstić information content (AvgIpc) is 2.78. The fourth-order valence-electron chi connectivity index (χ4n) is 3.13. The van der Waals surface area contributed by atoms with E-state index in [1.807, 2.05) is 0 Å². The Kier molecular flexibility index (Phi) is 6.45. The van der Waals surface area contributed by atoms with Crippen molar-refractivity contribution in [3.63, 3.8) is 0 Å². The number of methoxy groups -OCH3 is 2. The first kappa shape index (κ1) is 22.8. The van der Waals surface area contributed by atoms with E-state index >= 15 is 0 Å². The second kappa shape index (κ2) is 9.06. The van der Waals surface area contributed by atoms with Gasteiger partial charge in [-0.05, 0) is 37.3 Å². The van der Waals surface area contributed by atoms with E-state index in [-0.39, 0.29) is 45.6 Å². The fourth-order valence-corrected chi connectivity index (χ4v) is 3.25. The third-order valence-electron chi connectivity index (χ3n) is 4.56. The zero-order valence-corrected chi connectivity index (χ0v) is 18.1. The first-order chi connectivity index (χ1) is 15.2. The average molecular weight is 460 g/mol. The van der Waals surface area contributed by atoms with Crippen LogP contribution in [0.3, 0.4) is 0 Å². The van der Waals surface area contributed by atoms with Crippen LogP contribution in [0.2, 0.25) is 5.02 Å². The molecule has 0 aliphatic carbocycles. The van der Waals surface area contributed by atoms with Gasteiger partial charge in [-0.1, -0.05) is 11.6 Å². The number of halogens is 1. The second-order valence-electron chi connectivity index (χ2n) is 6.38. The lowest BCUT2D eigenvalue weighted by Gasteiger charge is -2.15. The van der Waals surface area contributed by atoms with E-state index in [9.17, 15) is 19.2 Å². The molecule has 0 atom stereocenters. The van der Waals surface area contributed by atoms with Crippen LogP contribution < -0.4 is 11.3 Å². The number of nitrogens with two attached hydrogens (primary N) is 1. The molecular weight excluding hydrogens is 442 g/mol. The molecule has 3 aromatic rings. The van der Waals surface area contributed by atoms with Crippen LogP contribution in [0.4, 0.5) is 5.69 Å². The van der Waals surface area contributed by atoms with E-state index < -0.39 is 23.5 Å². The maximum Gasteiger partial charge on any atom is 0.359 e. The summed E-state index contributed by atoms with van der Waals surface area (Å²) in [5, 5.41) is 4.27. The minimum Gasteiger partial charge on any atom is -0.465 e. The Balaban J connectivity index is 2.52. The number of ether oxygens (including phenoxy) is 3. The Morgan fingerprint density at radius 2 is 1.69 bits per heavy atom. The fraction of sp³-hybridized carbons (Fsp3) is 0.190. The lowest BCUT2D eigenvalue weighted by Crippen LogP contribution is -2.27. The molecule has 0 saturated heterocycles. The summed E-state index contributed by atoms with van der Waals surface area (Å²) in [6, 6.07) is 7.22. The molecule has 10 nitrogen and oxygen atoms in total. The van der Waals surface area contributed by atoms with Crippen molar-refractivity contribution in [2.24, 2.45) is 0 Å². The molecule has 32 heavy (non-hydrogen) atoms. The summed E-state index contributed by atoms with van der Waals surface area (Å²) in [5.74, 6) is -2.74. The van der Waals surface area contributed by atoms with Crippen molar-refractivity contribution in [3.8, 4) is 5.69 Å². The molecule has 3 rings (SSSR count). The highest BCUT2D eigenvalue weighted by molar-refractivity contribution is 6.30. The molecule has 0 fully saturated rings. The summed E-state index contributed by atoms with van der Waals surface area (Å²) in [4.78, 5) is 50.8. The standard InChI is InChI=1S/C21H18ClN3O7/c1-4-32-21(29)17-12-9-13(19(27)30-2)15(20(28)31-3)16(23)14(12)18(26)25(24-17)11-7-5-10(22)6-8-11/h5-9H,4,23H2,1-3H3. The van der Waals surface area contributed by atoms with Gasteiger partial charge in [0.1, 0.15) is 0 Å². The van der Waals surface area contributed by atoms with Gasteiger partial charge in [0, 0.05) is 10.4 Å². The minimum atomic E-state index is -0.961. The molecule has 0 aliphatic rings. The zero-order valence-electron chi connectivity index (χ0n) is 17.3. The number of anilines is 1. The molecule has 2 N–H and O–H groups in total. The maximum absolute atomic E-state index is 13.3. The zero-order chi connectivity index (χ0) is 23.6. The Morgan fingerprint density at radius 3 is 2.25 bits per heavy atom. The summed E-state index contributed by atoms with van der Waals surface area (Å²) in [5.41, 5.74) is 4.41. The first-order valence-electron chi connectivity index (χ1n) is 9.24. The molecule has 0 bridgehead atoms. The van der Waals surface area contributed by atoms with E-state index in [1.165, 1.54) is 24.3 Å². The van der Waals surface area contributed by atoms with E-state index in [1.54, 1.807) is 6.92 Å². The van der Waals surface area contributed by atoms with Gasteiger partial charge in [0.2, 0.25) is 0 Å². The monoisotopic (exact) mass is 459 g/mol. The van der Waals surface area contributed by atoms with Crippen molar-refractivity contribution in [2.75, 3.05) is 26.6 Å². The van der Waals surface area contributed by atoms with Crippen LogP contribution in [0.5, 0.6) is 0 Å². The number of hydrogen-bond acceptors (Lipinski definition) is 9. The summed E-state index contributed by atoms with van der Waals surface area (Å²) >= 11 is 5.92. The molecule has 0 radical (unpaired) electrons. The highest BCUT2D eigenvalue weighted by Crippen LogP contribution is 2.30. The highest BCUT2D eigenvalue weighted by Gasteiger charge is 2.29. The Morgan fingerprint density at radius 1 is 1.06 bits per heavy atom. The van der Waals surface area contributed by atoms with Crippen LogP contribution in [-0.2, 0) is 14.2 Å². The summed E-state index contributed by atoms with van der Waals surface area (Å²) < 4.78 is 15.4. The lowest BCUT2D eigenvalue weighted by molar-refractivity contribution is 0.0518. The van der Waals surface area contributed by atoms with Crippen LogP contribution in [0.15, 0.2) is 35.1 Å². The van der Waals surface area contributed by atoms with Gasteiger partial charge in [-0.15, -0.1) is 0 Å². The third kappa shape index (κ3) is 3.87. The largest absolute Gasteiger partial charge is 0.465 e. The van der Waals surface area contributed by atoms with Crippen molar-refractivity contribution in [3.05, 3.63) is 62.5 Å². The number of fused-ring (bicyclic) bond motifs is 1. The molecule has 2 aromatic carbocycles. The SMILES string of the molecule is CCOC(=O)c1nn(-c2ccc(Cl)cc2)c(=O)c2c(N)c(C(=O)OC)c(C(=O)OC)cc12. The van der Waals surface area contributed by atoms with Crippen LogP contribution in [0.1, 0.15) is 38.1 Å². The van der Waals surface area contributed by atoms with E-state index in [4.69, 9.17) is 31.5 Å². The number of rotatable bonds is 5. The number of hydrogen-bond donors (Lipinski definition) is 1. The molecule has 0 aliphatic heterocycles. The topological polar surface area (TPSA) is 140 Å². The molecule has 166 valence electrons. The summed E-state index contributed by atoms with van der Waals surface area (Å²) in [7, 11) is 2.20. The van der Waals surface area contributed by atoms with E-state index in [0.29, 0.717) is 5.02 Å². The van der Waals surface area contributed by atoms with Crippen molar-refractivity contribution in [1.29, 1.82) is 0 Å². The molecular formula is C21H18ClN3O7. The maximum atomic E-state index is 13.3. The van der Waals surface area contributed by atoms with E-state index in [2.05, 4.69) is 5.10 Å². The van der Waals surface area contributed by atoms with Crippen LogP contribution >= 0.6 is 11.6 Å². The second-order valence-corrected chi connectivity index (χ2v) is 6.82. The van der Waals surface area contributed by atoms with Gasteiger partial charge in [0.05, 0.1) is 48.7 Å². The summed E-state index contributed by atoms with van der Waals surface area (Å²) in [6.45, 7) is 1.63. The van der Waals surface area contributed by atoms with Crippen LogP contribution in [0, 0.1) is 0 Å². The Labute approximate surface area is 186 Å². The van der Waals surface area contributed by atoms with Gasteiger partial charge in [-0.2, -0.15) is 9.78 Å². The predicted octanol–water partition coefficient (Wildman–Crippen LogP) is 2.37. The van der Waals surface area contributed by atoms with Gasteiger partial charge < -0.3 is 19.9 Å². The molecule has 0 spiro atoms. The van der Waals surface area contributed by atoms with E-state index in [0.717, 1.165) is 25.0 Å². The number of esters is 3. The predicted molar refractivity (Wildman–Crippen MR) is 115 cm³/mol. The van der Waals surface area contributed by atoms with Crippen LogP contribution in [0.25, 0.3) is 16.5 Å². The molecule has 0 saturated carbocycles. The number of nitrogen functional groups attached to an aromatic ring is 1.